The Bertz CT molecular complexity index is 440. The molecule has 0 radical (unpaired) electrons. The number of pyridine rings is 1. The number of ether oxygens (including phenoxy) is 1. The lowest BCUT2D eigenvalue weighted by atomic mass is 10.0. The molecule has 4 heteroatoms. The average Bonchev–Trinajstić information content (AvgIpc) is 2.91. The lowest BCUT2D eigenvalue weighted by Gasteiger charge is -2.18. The van der Waals surface area contributed by atoms with Crippen LogP contribution in [-0.2, 0) is 4.79 Å². The Balaban J connectivity index is 1.98. The summed E-state index contributed by atoms with van der Waals surface area (Å²) in [6, 6.07) is 3.60. The fraction of sp³-hybridized carbons (Fsp3) is 0.429. The van der Waals surface area contributed by atoms with Gasteiger partial charge in [0.15, 0.2) is 0 Å². The van der Waals surface area contributed by atoms with E-state index >= 15 is 0 Å². The Morgan fingerprint density at radius 3 is 2.94 bits per heavy atom. The standard InChI is InChI=1S/C14H18N2O2/c1-16(12-7-8-13(18-2)15-10-12)14(17)9-11-5-3-4-6-11/h3,5,7-8,10-11H,4,6,9H2,1-2H3. The van der Waals surface area contributed by atoms with Crippen LogP contribution in [0.25, 0.3) is 0 Å². The van der Waals surface area contributed by atoms with Crippen LogP contribution in [0.5, 0.6) is 5.88 Å². The van der Waals surface area contributed by atoms with Gasteiger partial charge >= 0.3 is 0 Å². The Morgan fingerprint density at radius 2 is 2.39 bits per heavy atom. The molecule has 0 aliphatic heterocycles. The number of carbonyl (C=O) groups excluding carboxylic acids is 1. The van der Waals surface area contributed by atoms with Crippen molar-refractivity contribution >= 4 is 11.6 Å². The number of anilines is 1. The van der Waals surface area contributed by atoms with E-state index in [4.69, 9.17) is 4.74 Å². The summed E-state index contributed by atoms with van der Waals surface area (Å²) in [5.74, 6) is 1.07. The summed E-state index contributed by atoms with van der Waals surface area (Å²) >= 11 is 0. The van der Waals surface area contributed by atoms with Gasteiger partial charge in [-0.25, -0.2) is 4.98 Å². The Morgan fingerprint density at radius 1 is 1.56 bits per heavy atom. The van der Waals surface area contributed by atoms with Crippen LogP contribution in [0.1, 0.15) is 19.3 Å². The van der Waals surface area contributed by atoms with E-state index in [0.717, 1.165) is 18.5 Å². The Labute approximate surface area is 107 Å². The van der Waals surface area contributed by atoms with E-state index in [1.165, 1.54) is 0 Å². The van der Waals surface area contributed by atoms with E-state index in [2.05, 4.69) is 17.1 Å². The predicted octanol–water partition coefficient (Wildman–Crippen LogP) is 2.41. The summed E-state index contributed by atoms with van der Waals surface area (Å²) < 4.78 is 4.99. The van der Waals surface area contributed by atoms with Crippen LogP contribution in [0.15, 0.2) is 30.5 Å². The Kier molecular flexibility index (Phi) is 3.97. The number of hydrogen-bond donors (Lipinski definition) is 0. The third kappa shape index (κ3) is 2.88. The van der Waals surface area contributed by atoms with Crippen LogP contribution in [0.4, 0.5) is 5.69 Å². The summed E-state index contributed by atoms with van der Waals surface area (Å²) in [4.78, 5) is 17.8. The second-order valence-corrected chi connectivity index (χ2v) is 4.48. The quantitative estimate of drug-likeness (QED) is 0.766. The first-order chi connectivity index (χ1) is 8.70. The van der Waals surface area contributed by atoms with Gasteiger partial charge in [0.2, 0.25) is 11.8 Å². The van der Waals surface area contributed by atoms with E-state index in [-0.39, 0.29) is 5.91 Å². The molecule has 18 heavy (non-hydrogen) atoms. The normalized spacial score (nSPS) is 17.8. The fourth-order valence-corrected chi connectivity index (χ4v) is 2.06. The molecule has 1 aliphatic carbocycles. The highest BCUT2D eigenvalue weighted by atomic mass is 16.5. The molecule has 4 nitrogen and oxygen atoms in total. The number of amides is 1. The SMILES string of the molecule is COc1ccc(N(C)C(=O)CC2C=CCC2)cn1. The fourth-order valence-electron chi connectivity index (χ4n) is 2.06. The number of allylic oxidation sites excluding steroid dienone is 2. The molecule has 1 amide bonds. The zero-order valence-electron chi connectivity index (χ0n) is 10.8. The van der Waals surface area contributed by atoms with Crippen LogP contribution in [0, 0.1) is 5.92 Å². The van der Waals surface area contributed by atoms with Crippen molar-refractivity contribution in [2.24, 2.45) is 5.92 Å². The predicted molar refractivity (Wildman–Crippen MR) is 70.7 cm³/mol. The molecule has 0 saturated heterocycles. The molecule has 1 aromatic rings. The van der Waals surface area contributed by atoms with Gasteiger partial charge in [0.1, 0.15) is 0 Å². The van der Waals surface area contributed by atoms with E-state index in [9.17, 15) is 4.79 Å². The molecule has 0 saturated carbocycles. The van der Waals surface area contributed by atoms with Crippen molar-refractivity contribution in [3.8, 4) is 5.88 Å². The minimum Gasteiger partial charge on any atom is -0.481 e. The molecule has 0 N–H and O–H groups in total. The van der Waals surface area contributed by atoms with Crippen molar-refractivity contribution in [2.45, 2.75) is 19.3 Å². The maximum absolute atomic E-state index is 12.1. The van der Waals surface area contributed by atoms with Gasteiger partial charge < -0.3 is 9.64 Å². The number of methoxy groups -OCH3 is 1. The molecular weight excluding hydrogens is 228 g/mol. The monoisotopic (exact) mass is 246 g/mol. The molecular formula is C14H18N2O2. The summed E-state index contributed by atoms with van der Waals surface area (Å²) in [6.45, 7) is 0. The summed E-state index contributed by atoms with van der Waals surface area (Å²) in [5.41, 5.74) is 0.794. The van der Waals surface area contributed by atoms with Crippen LogP contribution < -0.4 is 9.64 Å². The minimum absolute atomic E-state index is 0.124. The molecule has 1 atom stereocenters. The molecule has 1 unspecified atom stereocenters. The number of hydrogen-bond acceptors (Lipinski definition) is 3. The summed E-state index contributed by atoms with van der Waals surface area (Å²) in [5, 5.41) is 0. The van der Waals surface area contributed by atoms with Crippen LogP contribution in [-0.4, -0.2) is 25.0 Å². The van der Waals surface area contributed by atoms with Gasteiger partial charge in [-0.15, -0.1) is 0 Å². The number of aromatic nitrogens is 1. The second kappa shape index (κ2) is 5.67. The lowest BCUT2D eigenvalue weighted by Crippen LogP contribution is -2.27. The van der Waals surface area contributed by atoms with E-state index < -0.39 is 0 Å². The van der Waals surface area contributed by atoms with Crippen molar-refractivity contribution in [3.63, 3.8) is 0 Å². The highest BCUT2D eigenvalue weighted by Gasteiger charge is 2.18. The number of nitrogens with zero attached hydrogens (tertiary/aromatic N) is 2. The van der Waals surface area contributed by atoms with Crippen molar-refractivity contribution in [1.29, 1.82) is 0 Å². The maximum Gasteiger partial charge on any atom is 0.227 e. The summed E-state index contributed by atoms with van der Waals surface area (Å²) in [6.07, 6.45) is 8.68. The van der Waals surface area contributed by atoms with Gasteiger partial charge in [-0.3, -0.25) is 4.79 Å². The first-order valence-corrected chi connectivity index (χ1v) is 6.14. The highest BCUT2D eigenvalue weighted by Crippen LogP contribution is 2.23. The van der Waals surface area contributed by atoms with Crippen LogP contribution in [0.3, 0.4) is 0 Å². The lowest BCUT2D eigenvalue weighted by molar-refractivity contribution is -0.118. The van der Waals surface area contributed by atoms with Gasteiger partial charge in [0.05, 0.1) is 19.0 Å². The number of carbonyl (C=O) groups is 1. The largest absolute Gasteiger partial charge is 0.481 e. The molecule has 1 heterocycles. The zero-order valence-corrected chi connectivity index (χ0v) is 10.8. The van der Waals surface area contributed by atoms with Gasteiger partial charge in [0, 0.05) is 19.5 Å². The average molecular weight is 246 g/mol. The van der Waals surface area contributed by atoms with E-state index in [0.29, 0.717) is 18.2 Å². The molecule has 1 aliphatic rings. The van der Waals surface area contributed by atoms with Crippen molar-refractivity contribution < 1.29 is 9.53 Å². The molecule has 1 aromatic heterocycles. The van der Waals surface area contributed by atoms with Gasteiger partial charge in [-0.2, -0.15) is 0 Å². The van der Waals surface area contributed by atoms with Gasteiger partial charge in [-0.05, 0) is 24.8 Å². The van der Waals surface area contributed by atoms with Crippen molar-refractivity contribution in [1.82, 2.24) is 4.98 Å². The zero-order chi connectivity index (χ0) is 13.0. The van der Waals surface area contributed by atoms with Crippen molar-refractivity contribution in [3.05, 3.63) is 30.5 Å². The third-order valence-electron chi connectivity index (χ3n) is 3.24. The molecule has 0 spiro atoms. The first-order valence-electron chi connectivity index (χ1n) is 6.14. The minimum atomic E-state index is 0.124. The highest BCUT2D eigenvalue weighted by molar-refractivity contribution is 5.92. The van der Waals surface area contributed by atoms with E-state index in [1.54, 1.807) is 31.3 Å². The molecule has 0 bridgehead atoms. The van der Waals surface area contributed by atoms with E-state index in [1.807, 2.05) is 6.07 Å². The summed E-state index contributed by atoms with van der Waals surface area (Å²) in [7, 11) is 3.35. The maximum atomic E-state index is 12.1. The molecule has 2 rings (SSSR count). The van der Waals surface area contributed by atoms with Crippen molar-refractivity contribution in [2.75, 3.05) is 19.1 Å². The van der Waals surface area contributed by atoms with Gasteiger partial charge in [0.25, 0.3) is 0 Å². The first kappa shape index (κ1) is 12.6. The second-order valence-electron chi connectivity index (χ2n) is 4.48. The number of rotatable bonds is 4. The smallest absolute Gasteiger partial charge is 0.227 e. The van der Waals surface area contributed by atoms with Crippen LogP contribution >= 0.6 is 0 Å². The third-order valence-corrected chi connectivity index (χ3v) is 3.24. The van der Waals surface area contributed by atoms with Crippen LogP contribution in [0.2, 0.25) is 0 Å². The topological polar surface area (TPSA) is 42.4 Å². The van der Waals surface area contributed by atoms with Gasteiger partial charge in [-0.1, -0.05) is 12.2 Å². The molecule has 96 valence electrons. The Hall–Kier alpha value is -1.84. The molecule has 0 fully saturated rings. The molecule has 0 aromatic carbocycles.